The molecule has 15 heavy (non-hydrogen) atoms. The number of nitrogens with one attached hydrogen (secondary N) is 1. The van der Waals surface area contributed by atoms with E-state index in [0.29, 0.717) is 18.7 Å². The summed E-state index contributed by atoms with van der Waals surface area (Å²) in [6, 6.07) is 8.96. The summed E-state index contributed by atoms with van der Waals surface area (Å²) in [5.41, 5.74) is 1.41. The summed E-state index contributed by atoms with van der Waals surface area (Å²) in [5.74, 6) is 0. The first-order valence-corrected chi connectivity index (χ1v) is 4.77. The molecule has 3 heteroatoms. The maximum absolute atomic E-state index is 9.73. The second-order valence-electron chi connectivity index (χ2n) is 3.20. The summed E-state index contributed by atoms with van der Waals surface area (Å²) >= 11 is 0. The van der Waals surface area contributed by atoms with Gasteiger partial charge in [0, 0.05) is 13.1 Å². The Kier molecular flexibility index (Phi) is 4.55. The van der Waals surface area contributed by atoms with E-state index in [9.17, 15) is 5.11 Å². The van der Waals surface area contributed by atoms with Gasteiger partial charge in [0.15, 0.2) is 0 Å². The SMILES string of the molecule is C=CCNCC(O)c1ccc(C#N)cc1. The van der Waals surface area contributed by atoms with Gasteiger partial charge in [0.1, 0.15) is 0 Å². The predicted octanol–water partition coefficient (Wildman–Crippen LogP) is 1.37. The molecule has 0 aliphatic heterocycles. The third-order valence-corrected chi connectivity index (χ3v) is 2.05. The minimum absolute atomic E-state index is 0.484. The lowest BCUT2D eigenvalue weighted by Gasteiger charge is -2.10. The van der Waals surface area contributed by atoms with Gasteiger partial charge in [-0.3, -0.25) is 0 Å². The molecule has 0 bridgehead atoms. The van der Waals surface area contributed by atoms with Gasteiger partial charge in [-0.15, -0.1) is 6.58 Å². The first-order chi connectivity index (χ1) is 7.27. The first kappa shape index (κ1) is 11.4. The van der Waals surface area contributed by atoms with Crippen molar-refractivity contribution in [1.82, 2.24) is 5.32 Å². The van der Waals surface area contributed by atoms with Crippen molar-refractivity contribution >= 4 is 0 Å². The average molecular weight is 202 g/mol. The van der Waals surface area contributed by atoms with Gasteiger partial charge in [-0.05, 0) is 17.7 Å². The number of aliphatic hydroxyl groups is 1. The van der Waals surface area contributed by atoms with E-state index >= 15 is 0 Å². The van der Waals surface area contributed by atoms with Crippen LogP contribution in [0.1, 0.15) is 17.2 Å². The zero-order chi connectivity index (χ0) is 11.1. The quantitative estimate of drug-likeness (QED) is 0.560. The topological polar surface area (TPSA) is 56.0 Å². The van der Waals surface area contributed by atoms with E-state index in [-0.39, 0.29) is 0 Å². The van der Waals surface area contributed by atoms with Gasteiger partial charge in [-0.25, -0.2) is 0 Å². The number of hydrogen-bond donors (Lipinski definition) is 2. The van der Waals surface area contributed by atoms with Gasteiger partial charge < -0.3 is 10.4 Å². The third-order valence-electron chi connectivity index (χ3n) is 2.05. The number of nitriles is 1. The summed E-state index contributed by atoms with van der Waals surface area (Å²) in [6.07, 6.45) is 1.20. The van der Waals surface area contributed by atoms with Crippen LogP contribution in [0.15, 0.2) is 36.9 Å². The molecule has 1 rings (SSSR count). The molecule has 0 amide bonds. The molecule has 1 unspecified atom stereocenters. The normalized spacial score (nSPS) is 11.7. The molecule has 0 saturated carbocycles. The molecular weight excluding hydrogens is 188 g/mol. The van der Waals surface area contributed by atoms with Gasteiger partial charge in [0.2, 0.25) is 0 Å². The van der Waals surface area contributed by atoms with Crippen LogP contribution in [0.25, 0.3) is 0 Å². The smallest absolute Gasteiger partial charge is 0.0991 e. The van der Waals surface area contributed by atoms with Crippen molar-refractivity contribution in [2.75, 3.05) is 13.1 Å². The van der Waals surface area contributed by atoms with Gasteiger partial charge in [0.25, 0.3) is 0 Å². The average Bonchev–Trinajstić information content (AvgIpc) is 2.29. The van der Waals surface area contributed by atoms with E-state index in [4.69, 9.17) is 5.26 Å². The van der Waals surface area contributed by atoms with Gasteiger partial charge in [0.05, 0.1) is 17.7 Å². The van der Waals surface area contributed by atoms with Crippen LogP contribution >= 0.6 is 0 Å². The standard InChI is InChI=1S/C12H14N2O/c1-2-7-14-9-12(15)11-5-3-10(8-13)4-6-11/h2-6,12,14-15H,1,7,9H2. The zero-order valence-electron chi connectivity index (χ0n) is 8.48. The summed E-state index contributed by atoms with van der Waals surface area (Å²) in [5, 5.41) is 21.4. The molecule has 2 N–H and O–H groups in total. The maximum atomic E-state index is 9.73. The molecule has 0 aromatic heterocycles. The van der Waals surface area contributed by atoms with E-state index < -0.39 is 6.10 Å². The molecule has 0 aliphatic rings. The fourth-order valence-corrected chi connectivity index (χ4v) is 1.22. The fraction of sp³-hybridized carbons (Fsp3) is 0.250. The van der Waals surface area contributed by atoms with Crippen molar-refractivity contribution in [3.05, 3.63) is 48.0 Å². The Morgan fingerprint density at radius 1 is 1.47 bits per heavy atom. The van der Waals surface area contributed by atoms with Gasteiger partial charge in [-0.2, -0.15) is 5.26 Å². The lowest BCUT2D eigenvalue weighted by Crippen LogP contribution is -2.21. The molecule has 0 fully saturated rings. The zero-order valence-corrected chi connectivity index (χ0v) is 8.48. The Bertz CT molecular complexity index is 351. The van der Waals surface area contributed by atoms with E-state index in [1.165, 1.54) is 0 Å². The predicted molar refractivity (Wildman–Crippen MR) is 59.2 cm³/mol. The van der Waals surface area contributed by atoms with Crippen LogP contribution in [-0.4, -0.2) is 18.2 Å². The number of benzene rings is 1. The minimum atomic E-state index is -0.544. The Balaban J connectivity index is 2.54. The van der Waals surface area contributed by atoms with Gasteiger partial charge in [-0.1, -0.05) is 18.2 Å². The van der Waals surface area contributed by atoms with Crippen molar-refractivity contribution < 1.29 is 5.11 Å². The Morgan fingerprint density at radius 3 is 2.67 bits per heavy atom. The van der Waals surface area contributed by atoms with Crippen LogP contribution in [0, 0.1) is 11.3 Å². The lowest BCUT2D eigenvalue weighted by atomic mass is 10.1. The number of rotatable bonds is 5. The van der Waals surface area contributed by atoms with Crippen LogP contribution in [-0.2, 0) is 0 Å². The number of hydrogen-bond acceptors (Lipinski definition) is 3. The van der Waals surface area contributed by atoms with Crippen molar-refractivity contribution in [3.63, 3.8) is 0 Å². The van der Waals surface area contributed by atoms with Crippen molar-refractivity contribution in [1.29, 1.82) is 5.26 Å². The Morgan fingerprint density at radius 2 is 2.13 bits per heavy atom. The van der Waals surface area contributed by atoms with Crippen LogP contribution < -0.4 is 5.32 Å². The third kappa shape index (κ3) is 3.55. The molecule has 3 nitrogen and oxygen atoms in total. The highest BCUT2D eigenvalue weighted by molar-refractivity contribution is 5.32. The molecule has 1 aromatic rings. The van der Waals surface area contributed by atoms with Crippen LogP contribution in [0.4, 0.5) is 0 Å². The van der Waals surface area contributed by atoms with Crippen molar-refractivity contribution in [3.8, 4) is 6.07 Å². The molecular formula is C12H14N2O. The monoisotopic (exact) mass is 202 g/mol. The second kappa shape index (κ2) is 5.97. The first-order valence-electron chi connectivity index (χ1n) is 4.77. The molecule has 0 spiro atoms. The van der Waals surface area contributed by atoms with Crippen molar-refractivity contribution in [2.24, 2.45) is 0 Å². The number of aliphatic hydroxyl groups excluding tert-OH is 1. The molecule has 0 saturated heterocycles. The maximum Gasteiger partial charge on any atom is 0.0991 e. The van der Waals surface area contributed by atoms with E-state index in [1.54, 1.807) is 30.3 Å². The molecule has 0 heterocycles. The van der Waals surface area contributed by atoms with Crippen molar-refractivity contribution in [2.45, 2.75) is 6.10 Å². The van der Waals surface area contributed by atoms with E-state index in [0.717, 1.165) is 5.56 Å². The second-order valence-corrected chi connectivity index (χ2v) is 3.20. The highest BCUT2D eigenvalue weighted by Gasteiger charge is 2.05. The highest BCUT2D eigenvalue weighted by Crippen LogP contribution is 2.12. The van der Waals surface area contributed by atoms with E-state index in [2.05, 4.69) is 11.9 Å². The Labute approximate surface area is 89.7 Å². The summed E-state index contributed by atoms with van der Waals surface area (Å²) < 4.78 is 0. The fourth-order valence-electron chi connectivity index (χ4n) is 1.22. The highest BCUT2D eigenvalue weighted by atomic mass is 16.3. The molecule has 1 aromatic carbocycles. The Hall–Kier alpha value is -1.63. The van der Waals surface area contributed by atoms with Crippen LogP contribution in [0.5, 0.6) is 0 Å². The number of nitrogens with zero attached hydrogens (tertiary/aromatic N) is 1. The molecule has 1 atom stereocenters. The summed E-state index contributed by atoms with van der Waals surface area (Å²) in [4.78, 5) is 0. The van der Waals surface area contributed by atoms with Crippen LogP contribution in [0.3, 0.4) is 0 Å². The van der Waals surface area contributed by atoms with E-state index in [1.807, 2.05) is 6.07 Å². The molecule has 0 radical (unpaired) electrons. The summed E-state index contributed by atoms with van der Waals surface area (Å²) in [7, 11) is 0. The van der Waals surface area contributed by atoms with Crippen LogP contribution in [0.2, 0.25) is 0 Å². The minimum Gasteiger partial charge on any atom is -0.387 e. The summed E-state index contributed by atoms with van der Waals surface area (Å²) in [6.45, 7) is 4.73. The molecule has 0 aliphatic carbocycles. The molecule has 78 valence electrons. The largest absolute Gasteiger partial charge is 0.387 e. The van der Waals surface area contributed by atoms with Gasteiger partial charge >= 0.3 is 0 Å². The lowest BCUT2D eigenvalue weighted by molar-refractivity contribution is 0.176.